The van der Waals surface area contributed by atoms with Gasteiger partial charge >= 0.3 is 0 Å². The molecule has 0 N–H and O–H groups in total. The first-order valence-corrected chi connectivity index (χ1v) is 3.53. The number of amides is 1. The van der Waals surface area contributed by atoms with Crippen LogP contribution in [0.4, 0.5) is 5.69 Å². The molecule has 0 aliphatic rings. The number of carbonyl (C=O) groups is 1. The molecule has 0 bridgehead atoms. The minimum Gasteiger partial charge on any atom is -0.276 e. The van der Waals surface area contributed by atoms with Crippen LogP contribution < -0.4 is 5.32 Å². The quantitative estimate of drug-likeness (QED) is 0.668. The Labute approximate surface area is 67.4 Å². The average Bonchev–Trinajstić information content (AvgIpc) is 1.94. The van der Waals surface area contributed by atoms with Gasteiger partial charge in [-0.3, -0.25) is 4.79 Å². The lowest BCUT2D eigenvalue weighted by atomic mass is 10.3. The fraction of sp³-hybridized carbons (Fsp3) is 0. The molecule has 0 aromatic heterocycles. The first-order valence-electron chi connectivity index (χ1n) is 2.73. The number of nitrogens with zero attached hydrogens (tertiary/aromatic N) is 1. The van der Waals surface area contributed by atoms with Gasteiger partial charge in [0.2, 0.25) is 6.41 Å². The smallest absolute Gasteiger partial charge is 0.233 e. The Morgan fingerprint density at radius 1 is 1.40 bits per heavy atom. The van der Waals surface area contributed by atoms with Gasteiger partial charge in [0.05, 0.1) is 5.69 Å². The molecule has 0 unspecified atom stereocenters. The summed E-state index contributed by atoms with van der Waals surface area (Å²) in [5, 5.41) is 3.58. The Morgan fingerprint density at radius 2 is 2.10 bits per heavy atom. The monoisotopic (exact) mass is 198 g/mol. The van der Waals surface area contributed by atoms with Crippen molar-refractivity contribution in [3.05, 3.63) is 28.7 Å². The van der Waals surface area contributed by atoms with Crippen molar-refractivity contribution in [1.82, 2.24) is 5.32 Å². The number of halogens is 1. The lowest BCUT2D eigenvalue weighted by Gasteiger charge is -1.95. The van der Waals surface area contributed by atoms with Crippen LogP contribution in [0.3, 0.4) is 0 Å². The first kappa shape index (κ1) is 7.28. The fourth-order valence-electron chi connectivity index (χ4n) is 0.613. The molecule has 51 valence electrons. The van der Waals surface area contributed by atoms with Crippen LogP contribution in [0.2, 0.25) is 0 Å². The molecule has 1 rings (SSSR count). The van der Waals surface area contributed by atoms with E-state index in [-0.39, 0.29) is 0 Å². The van der Waals surface area contributed by atoms with E-state index in [4.69, 9.17) is 0 Å². The number of carbonyl (C=O) groups excluding carboxylic acids is 1. The summed E-state index contributed by atoms with van der Waals surface area (Å²) >= 11 is 3.24. The van der Waals surface area contributed by atoms with Crippen molar-refractivity contribution < 1.29 is 4.79 Å². The maximum Gasteiger partial charge on any atom is 0.233 e. The number of hydrogen-bond acceptors (Lipinski definition) is 1. The summed E-state index contributed by atoms with van der Waals surface area (Å²) in [6.07, 6.45) is 0.528. The second kappa shape index (κ2) is 3.37. The lowest BCUT2D eigenvalue weighted by Crippen LogP contribution is -1.91. The molecule has 0 aliphatic heterocycles. The van der Waals surface area contributed by atoms with Gasteiger partial charge < -0.3 is 0 Å². The first-order chi connectivity index (χ1) is 4.84. The van der Waals surface area contributed by atoms with Crippen LogP contribution in [-0.4, -0.2) is 6.41 Å². The number of para-hydroxylation sites is 1. The Hall–Kier alpha value is -0.830. The highest BCUT2D eigenvalue weighted by Gasteiger charge is 1.95. The molecular weight excluding hydrogens is 194 g/mol. The lowest BCUT2D eigenvalue weighted by molar-refractivity contribution is -0.108. The Morgan fingerprint density at radius 3 is 2.70 bits per heavy atom. The van der Waals surface area contributed by atoms with Crippen molar-refractivity contribution in [2.45, 2.75) is 0 Å². The molecule has 0 heterocycles. The molecule has 1 aromatic carbocycles. The molecule has 0 fully saturated rings. The molecule has 1 amide bonds. The van der Waals surface area contributed by atoms with Gasteiger partial charge in [0.1, 0.15) is 0 Å². The van der Waals surface area contributed by atoms with E-state index >= 15 is 0 Å². The number of hydrogen-bond donors (Lipinski definition) is 0. The Bertz CT molecular complexity index is 237. The van der Waals surface area contributed by atoms with E-state index in [1.54, 1.807) is 6.07 Å². The molecule has 3 heteroatoms. The summed E-state index contributed by atoms with van der Waals surface area (Å²) in [6.45, 7) is 0. The topological polar surface area (TPSA) is 31.2 Å². The molecule has 10 heavy (non-hydrogen) atoms. The van der Waals surface area contributed by atoms with Crippen LogP contribution in [-0.2, 0) is 4.79 Å². The largest absolute Gasteiger partial charge is 0.276 e. The van der Waals surface area contributed by atoms with Crippen LogP contribution in [0.1, 0.15) is 0 Å². The Kier molecular flexibility index (Phi) is 2.45. The van der Waals surface area contributed by atoms with Gasteiger partial charge in [0.15, 0.2) is 0 Å². The normalized spacial score (nSPS) is 8.90. The summed E-state index contributed by atoms with van der Waals surface area (Å²) in [5.74, 6) is 0. The van der Waals surface area contributed by atoms with Crippen LogP contribution in [0.25, 0.3) is 0 Å². The van der Waals surface area contributed by atoms with Crippen LogP contribution in [0, 0.1) is 0 Å². The van der Waals surface area contributed by atoms with Crippen molar-refractivity contribution >= 4 is 28.0 Å². The zero-order valence-electron chi connectivity index (χ0n) is 5.12. The predicted molar refractivity (Wildman–Crippen MR) is 42.0 cm³/mol. The third-order valence-corrected chi connectivity index (χ3v) is 1.71. The average molecular weight is 199 g/mol. The van der Waals surface area contributed by atoms with Gasteiger partial charge in [-0.2, -0.15) is 0 Å². The van der Waals surface area contributed by atoms with Crippen molar-refractivity contribution in [2.24, 2.45) is 0 Å². The van der Waals surface area contributed by atoms with Crippen molar-refractivity contribution in [2.75, 3.05) is 0 Å². The second-order valence-corrected chi connectivity index (χ2v) is 2.54. The summed E-state index contributed by atoms with van der Waals surface area (Å²) in [4.78, 5) is 9.94. The summed E-state index contributed by atoms with van der Waals surface area (Å²) in [5.41, 5.74) is 0.664. The number of rotatable bonds is 2. The predicted octanol–water partition coefficient (Wildman–Crippen LogP) is 1.84. The summed E-state index contributed by atoms with van der Waals surface area (Å²) in [6, 6.07) is 7.29. The maximum absolute atomic E-state index is 9.94. The fourth-order valence-corrected chi connectivity index (χ4v) is 1.00. The van der Waals surface area contributed by atoms with Gasteiger partial charge in [-0.1, -0.05) is 12.1 Å². The van der Waals surface area contributed by atoms with E-state index in [0.717, 1.165) is 4.47 Å². The SMILES string of the molecule is O=C[N]c1ccccc1Br. The van der Waals surface area contributed by atoms with E-state index < -0.39 is 0 Å². The Balaban J connectivity index is 2.91. The van der Waals surface area contributed by atoms with Gasteiger partial charge in [-0.05, 0) is 28.1 Å². The zero-order valence-corrected chi connectivity index (χ0v) is 6.71. The van der Waals surface area contributed by atoms with Crippen LogP contribution in [0.5, 0.6) is 0 Å². The van der Waals surface area contributed by atoms with Gasteiger partial charge in [0, 0.05) is 4.47 Å². The van der Waals surface area contributed by atoms with Crippen molar-refractivity contribution in [1.29, 1.82) is 0 Å². The molecule has 0 saturated heterocycles. The minimum absolute atomic E-state index is 0.528. The molecule has 0 atom stereocenters. The second-order valence-electron chi connectivity index (χ2n) is 1.69. The molecule has 1 radical (unpaired) electrons. The highest BCUT2D eigenvalue weighted by molar-refractivity contribution is 9.10. The standard InChI is InChI=1S/C7H5BrNO/c8-6-3-1-2-4-7(6)9-5-10/h1-5H. The molecule has 0 aliphatic carbocycles. The molecule has 0 spiro atoms. The van der Waals surface area contributed by atoms with Crippen molar-refractivity contribution in [3.63, 3.8) is 0 Å². The summed E-state index contributed by atoms with van der Waals surface area (Å²) < 4.78 is 0.835. The van der Waals surface area contributed by atoms with E-state index in [1.165, 1.54) is 0 Å². The van der Waals surface area contributed by atoms with E-state index in [2.05, 4.69) is 21.2 Å². The van der Waals surface area contributed by atoms with E-state index in [1.807, 2.05) is 18.2 Å². The minimum atomic E-state index is 0.528. The molecule has 0 saturated carbocycles. The van der Waals surface area contributed by atoms with Crippen LogP contribution in [0.15, 0.2) is 28.7 Å². The van der Waals surface area contributed by atoms with Gasteiger partial charge in [0.25, 0.3) is 0 Å². The molecular formula is C7H5BrNO. The molecule has 2 nitrogen and oxygen atoms in total. The highest BCUT2D eigenvalue weighted by atomic mass is 79.9. The third kappa shape index (κ3) is 1.57. The third-order valence-electron chi connectivity index (χ3n) is 1.04. The zero-order chi connectivity index (χ0) is 7.40. The molecule has 1 aromatic rings. The van der Waals surface area contributed by atoms with Crippen LogP contribution >= 0.6 is 15.9 Å². The number of benzene rings is 1. The van der Waals surface area contributed by atoms with Gasteiger partial charge in [-0.15, -0.1) is 0 Å². The van der Waals surface area contributed by atoms with Crippen molar-refractivity contribution in [3.8, 4) is 0 Å². The van der Waals surface area contributed by atoms with E-state index in [9.17, 15) is 4.79 Å². The highest BCUT2D eigenvalue weighted by Crippen LogP contribution is 2.20. The van der Waals surface area contributed by atoms with Gasteiger partial charge in [-0.25, -0.2) is 5.32 Å². The van der Waals surface area contributed by atoms with E-state index in [0.29, 0.717) is 12.1 Å². The maximum atomic E-state index is 9.94. The summed E-state index contributed by atoms with van der Waals surface area (Å²) in [7, 11) is 0.